The third-order valence-corrected chi connectivity index (χ3v) is 2.53. The molecule has 1 aromatic carbocycles. The molecule has 0 aliphatic rings. The predicted octanol–water partition coefficient (Wildman–Crippen LogP) is 1.97. The van der Waals surface area contributed by atoms with Gasteiger partial charge in [-0.15, -0.1) is 0 Å². The summed E-state index contributed by atoms with van der Waals surface area (Å²) in [6, 6.07) is 4.53. The maximum atomic E-state index is 12.8. The molecule has 3 nitrogen and oxygen atoms in total. The van der Waals surface area contributed by atoms with E-state index in [0.717, 1.165) is 0 Å². The van der Waals surface area contributed by atoms with Crippen molar-refractivity contribution in [1.29, 1.82) is 0 Å². The summed E-state index contributed by atoms with van der Waals surface area (Å²) in [7, 11) is 0. The highest BCUT2D eigenvalue weighted by molar-refractivity contribution is 5.97. The fourth-order valence-corrected chi connectivity index (χ4v) is 1.46. The van der Waals surface area contributed by atoms with E-state index in [0.29, 0.717) is 5.56 Å². The summed E-state index contributed by atoms with van der Waals surface area (Å²) >= 11 is 0. The number of carbonyl (C=O) groups is 1. The van der Waals surface area contributed by atoms with Crippen LogP contribution in [0.3, 0.4) is 0 Å². The largest absolute Gasteiger partial charge is 0.384 e. The van der Waals surface area contributed by atoms with Crippen molar-refractivity contribution >= 4 is 5.91 Å². The van der Waals surface area contributed by atoms with E-state index >= 15 is 0 Å². The minimum atomic E-state index is -4.30. The van der Waals surface area contributed by atoms with Crippen molar-refractivity contribution in [3.05, 3.63) is 34.9 Å². The topological polar surface area (TPSA) is 49.3 Å². The molecule has 21 heavy (non-hydrogen) atoms. The molecular formula is C14H13F4NO2. The number of benzene rings is 1. The zero-order chi connectivity index (χ0) is 16.0. The summed E-state index contributed by atoms with van der Waals surface area (Å²) in [4.78, 5) is 11.8. The van der Waals surface area contributed by atoms with Crippen LogP contribution in [0.2, 0.25) is 0 Å². The van der Waals surface area contributed by atoms with Gasteiger partial charge in [0.1, 0.15) is 6.61 Å². The van der Waals surface area contributed by atoms with E-state index in [2.05, 4.69) is 11.8 Å². The number of nitrogens with one attached hydrogen (secondary N) is 1. The van der Waals surface area contributed by atoms with Gasteiger partial charge >= 0.3 is 12.3 Å². The number of carbonyl (C=O) groups excluding carboxylic acids is 1. The molecule has 0 heterocycles. The van der Waals surface area contributed by atoms with Crippen LogP contribution in [0.4, 0.5) is 17.6 Å². The van der Waals surface area contributed by atoms with Crippen LogP contribution in [0.25, 0.3) is 0 Å². The van der Waals surface area contributed by atoms with Gasteiger partial charge in [0.05, 0.1) is 12.1 Å². The summed E-state index contributed by atoms with van der Waals surface area (Å²) < 4.78 is 49.6. The number of aliphatic hydroxyl groups is 1. The van der Waals surface area contributed by atoms with E-state index in [9.17, 15) is 22.4 Å². The summed E-state index contributed by atoms with van der Waals surface area (Å²) in [5, 5.41) is 10.4. The zero-order valence-electron chi connectivity index (χ0n) is 11.1. The average Bonchev–Trinajstić information content (AvgIpc) is 2.43. The van der Waals surface area contributed by atoms with Gasteiger partial charge in [-0.2, -0.15) is 8.78 Å². The molecule has 1 amide bonds. The number of alkyl halides is 4. The predicted molar refractivity (Wildman–Crippen MR) is 68.4 cm³/mol. The van der Waals surface area contributed by atoms with Crippen molar-refractivity contribution in [2.75, 3.05) is 13.2 Å². The molecule has 0 radical (unpaired) electrons. The Morgan fingerprint density at radius 1 is 1.43 bits per heavy atom. The van der Waals surface area contributed by atoms with Crippen molar-refractivity contribution < 1.29 is 27.5 Å². The van der Waals surface area contributed by atoms with E-state index in [1.54, 1.807) is 18.3 Å². The highest BCUT2D eigenvalue weighted by Gasteiger charge is 2.40. The zero-order valence-corrected chi connectivity index (χ0v) is 11.1. The Balaban J connectivity index is 2.94. The Labute approximate surface area is 119 Å². The van der Waals surface area contributed by atoms with Crippen LogP contribution in [0.5, 0.6) is 0 Å². The first-order valence-corrected chi connectivity index (χ1v) is 5.92. The summed E-state index contributed by atoms with van der Waals surface area (Å²) in [5.74, 6) is -0.403. The molecule has 0 aromatic heterocycles. The van der Waals surface area contributed by atoms with Crippen LogP contribution in [0, 0.1) is 18.8 Å². The molecule has 1 rings (SSSR count). The Kier molecular flexibility index (Phi) is 5.73. The quantitative estimate of drug-likeness (QED) is 0.660. The van der Waals surface area contributed by atoms with E-state index in [1.165, 1.54) is 12.1 Å². The Bertz CT molecular complexity index is 576. The first kappa shape index (κ1) is 17.0. The van der Waals surface area contributed by atoms with Crippen LogP contribution >= 0.6 is 0 Å². The summed E-state index contributed by atoms with van der Waals surface area (Å²) in [6.07, 6.45) is -3.86. The molecule has 0 saturated carbocycles. The van der Waals surface area contributed by atoms with E-state index in [4.69, 9.17) is 5.11 Å². The number of rotatable bonds is 4. The molecule has 0 spiro atoms. The molecule has 1 aromatic rings. The smallest absolute Gasteiger partial charge is 0.324 e. The van der Waals surface area contributed by atoms with Gasteiger partial charge in [0.15, 0.2) is 0 Å². The van der Waals surface area contributed by atoms with Crippen molar-refractivity contribution in [2.45, 2.75) is 19.3 Å². The number of halogens is 4. The molecule has 0 fully saturated rings. The Morgan fingerprint density at radius 2 is 2.10 bits per heavy atom. The molecule has 114 valence electrons. The van der Waals surface area contributed by atoms with Gasteiger partial charge in [-0.1, -0.05) is 23.5 Å². The lowest BCUT2D eigenvalue weighted by Gasteiger charge is -2.16. The van der Waals surface area contributed by atoms with Crippen LogP contribution in [0.1, 0.15) is 21.5 Å². The standard InChI is InChI=1S/C14H13F4NO2/c1-9-4-5-10(3-2-6-20)11(7-9)12(21)19-8-14(17,18)13(15)16/h4-5,7,13,20H,6,8H2,1H3,(H,19,21). The van der Waals surface area contributed by atoms with Crippen LogP contribution in [0.15, 0.2) is 18.2 Å². The van der Waals surface area contributed by atoms with E-state index in [-0.39, 0.29) is 11.1 Å². The van der Waals surface area contributed by atoms with Crippen molar-refractivity contribution in [2.24, 2.45) is 0 Å². The van der Waals surface area contributed by atoms with Crippen molar-refractivity contribution in [3.63, 3.8) is 0 Å². The fourth-order valence-electron chi connectivity index (χ4n) is 1.46. The normalized spacial score (nSPS) is 11.0. The van der Waals surface area contributed by atoms with Gasteiger partial charge in [0.25, 0.3) is 5.91 Å². The average molecular weight is 303 g/mol. The third kappa shape index (κ3) is 4.76. The van der Waals surface area contributed by atoms with Gasteiger partial charge in [0, 0.05) is 5.56 Å². The second-order valence-electron chi connectivity index (χ2n) is 4.25. The number of hydrogen-bond donors (Lipinski definition) is 2. The van der Waals surface area contributed by atoms with Crippen LogP contribution in [-0.2, 0) is 0 Å². The maximum absolute atomic E-state index is 12.8. The lowest BCUT2D eigenvalue weighted by atomic mass is 10.0. The Hall–Kier alpha value is -2.07. The van der Waals surface area contributed by atoms with Gasteiger partial charge < -0.3 is 10.4 Å². The van der Waals surface area contributed by atoms with E-state index < -0.39 is 31.4 Å². The molecule has 0 bridgehead atoms. The van der Waals surface area contributed by atoms with E-state index in [1.807, 2.05) is 0 Å². The minimum absolute atomic E-state index is 0.0129. The molecule has 2 N–H and O–H groups in total. The maximum Gasteiger partial charge on any atom is 0.324 e. The molecule has 7 heteroatoms. The molecular weight excluding hydrogens is 290 g/mol. The highest BCUT2D eigenvalue weighted by atomic mass is 19.3. The summed E-state index contributed by atoms with van der Waals surface area (Å²) in [6.45, 7) is -0.226. The van der Waals surface area contributed by atoms with Gasteiger partial charge in [-0.3, -0.25) is 4.79 Å². The molecule has 0 aliphatic heterocycles. The monoisotopic (exact) mass is 303 g/mol. The van der Waals surface area contributed by atoms with Crippen molar-refractivity contribution in [3.8, 4) is 11.8 Å². The first-order valence-electron chi connectivity index (χ1n) is 5.92. The van der Waals surface area contributed by atoms with Gasteiger partial charge in [-0.25, -0.2) is 8.78 Å². The SMILES string of the molecule is Cc1ccc(C#CCO)c(C(=O)NCC(F)(F)C(F)F)c1. The Morgan fingerprint density at radius 3 is 2.67 bits per heavy atom. The van der Waals surface area contributed by atoms with Gasteiger partial charge in [-0.05, 0) is 19.1 Å². The molecule has 0 saturated heterocycles. The third-order valence-electron chi connectivity index (χ3n) is 2.53. The minimum Gasteiger partial charge on any atom is -0.384 e. The number of aryl methyl sites for hydroxylation is 1. The summed E-state index contributed by atoms with van der Waals surface area (Å²) in [5.41, 5.74) is 0.879. The lowest BCUT2D eigenvalue weighted by Crippen LogP contribution is -2.41. The number of amides is 1. The van der Waals surface area contributed by atoms with Crippen LogP contribution < -0.4 is 5.32 Å². The number of aliphatic hydroxyl groups excluding tert-OH is 1. The molecule has 0 unspecified atom stereocenters. The second kappa shape index (κ2) is 7.09. The molecule has 0 aliphatic carbocycles. The first-order chi connectivity index (χ1) is 9.77. The van der Waals surface area contributed by atoms with Crippen molar-refractivity contribution in [1.82, 2.24) is 5.32 Å². The second-order valence-corrected chi connectivity index (χ2v) is 4.25. The van der Waals surface area contributed by atoms with Crippen LogP contribution in [-0.4, -0.2) is 36.5 Å². The lowest BCUT2D eigenvalue weighted by molar-refractivity contribution is -0.123. The molecule has 0 atom stereocenters. The fraction of sp³-hybridized carbons (Fsp3) is 0.357. The highest BCUT2D eigenvalue weighted by Crippen LogP contribution is 2.21. The van der Waals surface area contributed by atoms with Gasteiger partial charge in [0.2, 0.25) is 0 Å². The number of hydrogen-bond acceptors (Lipinski definition) is 2.